The van der Waals surface area contributed by atoms with Crippen molar-refractivity contribution in [3.8, 4) is 22.8 Å². The fourth-order valence-electron chi connectivity index (χ4n) is 4.52. The van der Waals surface area contributed by atoms with Gasteiger partial charge in [-0.2, -0.15) is 5.10 Å². The number of carbonyl (C=O) groups is 1. The van der Waals surface area contributed by atoms with Gasteiger partial charge in [-0.25, -0.2) is 0 Å². The second kappa shape index (κ2) is 11.4. The molecule has 1 aromatic heterocycles. The lowest BCUT2D eigenvalue weighted by molar-refractivity contribution is 0.0601. The topological polar surface area (TPSA) is 87.7 Å². The summed E-state index contributed by atoms with van der Waals surface area (Å²) in [6.07, 6.45) is 4.14. The van der Waals surface area contributed by atoms with Gasteiger partial charge in [0.05, 0.1) is 18.8 Å². The van der Waals surface area contributed by atoms with Crippen LogP contribution in [0.5, 0.6) is 11.5 Å². The third-order valence-electron chi connectivity index (χ3n) is 6.21. The molecule has 2 N–H and O–H groups in total. The molecule has 2 heterocycles. The number of nitrogens with zero attached hydrogens (tertiary/aromatic N) is 2. The Morgan fingerprint density at radius 1 is 1.09 bits per heavy atom. The number of nitrogens with one attached hydrogen (secondary N) is 1. The highest BCUT2D eigenvalue weighted by Gasteiger charge is 2.42. The summed E-state index contributed by atoms with van der Waals surface area (Å²) in [7, 11) is 0. The fourth-order valence-corrected chi connectivity index (χ4v) is 4.52. The zero-order valence-electron chi connectivity index (χ0n) is 20.8. The molecule has 3 aromatic rings. The maximum absolute atomic E-state index is 13.5. The minimum Gasteiger partial charge on any atom is -0.507 e. The summed E-state index contributed by atoms with van der Waals surface area (Å²) in [5.74, 6) is 0.818. The van der Waals surface area contributed by atoms with Crippen LogP contribution in [0.4, 0.5) is 0 Å². The lowest BCUT2D eigenvalue weighted by atomic mass is 9.95. The minimum atomic E-state index is -0.343. The Hall–Kier alpha value is -3.32. The Labute approximate surface area is 207 Å². The Morgan fingerprint density at radius 3 is 2.69 bits per heavy atom. The van der Waals surface area contributed by atoms with Crippen LogP contribution >= 0.6 is 0 Å². The van der Waals surface area contributed by atoms with Gasteiger partial charge in [0.2, 0.25) is 0 Å². The van der Waals surface area contributed by atoms with Crippen molar-refractivity contribution in [2.24, 2.45) is 0 Å². The first-order valence-electron chi connectivity index (χ1n) is 12.5. The summed E-state index contributed by atoms with van der Waals surface area (Å²) in [5, 5.41) is 17.9. The first-order valence-corrected chi connectivity index (χ1v) is 12.5. The molecule has 1 atom stereocenters. The minimum absolute atomic E-state index is 0.0991. The lowest BCUT2D eigenvalue weighted by Gasteiger charge is -2.27. The van der Waals surface area contributed by atoms with E-state index < -0.39 is 0 Å². The summed E-state index contributed by atoms with van der Waals surface area (Å²) in [6.45, 7) is 7.96. The van der Waals surface area contributed by atoms with E-state index in [1.165, 1.54) is 0 Å². The maximum Gasteiger partial charge on any atom is 0.273 e. The van der Waals surface area contributed by atoms with E-state index in [1.54, 1.807) is 12.1 Å². The number of aromatic amines is 1. The molecule has 0 saturated carbocycles. The number of rotatable bonds is 12. The molecule has 0 spiro atoms. The summed E-state index contributed by atoms with van der Waals surface area (Å²) >= 11 is 0. The molecule has 4 rings (SSSR count). The molecule has 0 aliphatic carbocycles. The molecule has 7 nitrogen and oxygen atoms in total. The van der Waals surface area contributed by atoms with Crippen LogP contribution in [0.15, 0.2) is 48.5 Å². The number of unbranched alkanes of at least 4 members (excludes halogenated alkanes) is 2. The quantitative estimate of drug-likeness (QED) is 0.326. The Balaban J connectivity index is 1.69. The summed E-state index contributed by atoms with van der Waals surface area (Å²) in [4.78, 5) is 15.4. The van der Waals surface area contributed by atoms with E-state index >= 15 is 0 Å². The molecule has 7 heteroatoms. The van der Waals surface area contributed by atoms with Gasteiger partial charge in [0.1, 0.15) is 22.9 Å². The van der Waals surface area contributed by atoms with Gasteiger partial charge >= 0.3 is 0 Å². The Kier molecular flexibility index (Phi) is 8.08. The van der Waals surface area contributed by atoms with Gasteiger partial charge in [-0.1, -0.05) is 44.0 Å². The van der Waals surface area contributed by atoms with Crippen molar-refractivity contribution >= 4 is 5.91 Å². The number of hydrogen-bond acceptors (Lipinski definition) is 5. The molecular weight excluding hydrogens is 442 g/mol. The normalized spacial score (nSPS) is 15.1. The van der Waals surface area contributed by atoms with E-state index in [0.717, 1.165) is 42.6 Å². The van der Waals surface area contributed by atoms with Crippen molar-refractivity contribution in [3.05, 3.63) is 65.4 Å². The highest BCUT2D eigenvalue weighted by molar-refractivity contribution is 6.00. The van der Waals surface area contributed by atoms with E-state index in [4.69, 9.17) is 9.47 Å². The van der Waals surface area contributed by atoms with Gasteiger partial charge in [-0.15, -0.1) is 0 Å². The Morgan fingerprint density at radius 2 is 1.91 bits per heavy atom. The van der Waals surface area contributed by atoms with Crippen LogP contribution in [0, 0.1) is 0 Å². The third-order valence-corrected chi connectivity index (χ3v) is 6.21. The number of fused-ring (bicyclic) bond motifs is 1. The van der Waals surface area contributed by atoms with Gasteiger partial charge in [-0.3, -0.25) is 9.89 Å². The van der Waals surface area contributed by atoms with Crippen LogP contribution in [0.1, 0.15) is 74.1 Å². The predicted octanol–water partition coefficient (Wildman–Crippen LogP) is 5.71. The molecule has 2 aromatic carbocycles. The molecule has 1 aliphatic heterocycles. The smallest absolute Gasteiger partial charge is 0.273 e. The number of benzene rings is 2. The standard InChI is InChI=1S/C28H35N3O4/c1-4-5-8-16-35-21-12-9-11-20(18-21)27-24-25(22-13-6-7-14-23(22)32)29-30-26(24)28(33)31(27)15-10-17-34-19(2)3/h6-7,9,11-14,18-19,27,32H,4-5,8,10,15-17H2,1-3H3,(H,29,30)/t27-/m0/s1. The Bertz CT molecular complexity index is 1140. The van der Waals surface area contributed by atoms with Gasteiger partial charge in [0, 0.05) is 24.3 Å². The van der Waals surface area contributed by atoms with E-state index in [9.17, 15) is 9.90 Å². The van der Waals surface area contributed by atoms with E-state index in [2.05, 4.69) is 17.1 Å². The molecule has 0 unspecified atom stereocenters. The first-order chi connectivity index (χ1) is 17.0. The largest absolute Gasteiger partial charge is 0.507 e. The molecule has 186 valence electrons. The SMILES string of the molecule is CCCCCOc1cccc([C@H]2c3c(-c4ccccc4O)n[nH]c3C(=O)N2CCCOC(C)C)c1. The van der Waals surface area contributed by atoms with Crippen molar-refractivity contribution in [2.45, 2.75) is 58.6 Å². The van der Waals surface area contributed by atoms with Gasteiger partial charge in [-0.05, 0) is 56.5 Å². The van der Waals surface area contributed by atoms with Crippen LogP contribution in [-0.4, -0.2) is 52.0 Å². The van der Waals surface area contributed by atoms with E-state index in [-0.39, 0.29) is 23.8 Å². The molecule has 1 amide bonds. The van der Waals surface area contributed by atoms with Gasteiger partial charge in [0.15, 0.2) is 0 Å². The zero-order chi connectivity index (χ0) is 24.8. The first kappa shape index (κ1) is 24.8. The van der Waals surface area contributed by atoms with Crippen LogP contribution in [0.2, 0.25) is 0 Å². The van der Waals surface area contributed by atoms with Crippen molar-refractivity contribution in [2.75, 3.05) is 19.8 Å². The predicted molar refractivity (Wildman–Crippen MR) is 136 cm³/mol. The number of ether oxygens (including phenoxy) is 2. The second-order valence-electron chi connectivity index (χ2n) is 9.18. The van der Waals surface area contributed by atoms with Crippen LogP contribution in [0.25, 0.3) is 11.3 Å². The number of amides is 1. The summed E-state index contributed by atoms with van der Waals surface area (Å²) in [6, 6.07) is 14.7. The van der Waals surface area contributed by atoms with Crippen molar-refractivity contribution in [1.29, 1.82) is 0 Å². The molecule has 0 bridgehead atoms. The summed E-state index contributed by atoms with van der Waals surface area (Å²) < 4.78 is 11.7. The molecule has 0 saturated heterocycles. The number of aromatic hydroxyl groups is 1. The summed E-state index contributed by atoms with van der Waals surface area (Å²) in [5.41, 5.74) is 3.39. The molecular formula is C28H35N3O4. The van der Waals surface area contributed by atoms with E-state index in [1.807, 2.05) is 55.1 Å². The number of hydrogen-bond donors (Lipinski definition) is 2. The number of carbonyl (C=O) groups excluding carboxylic acids is 1. The van der Waals surface area contributed by atoms with E-state index in [0.29, 0.717) is 36.7 Å². The molecule has 0 radical (unpaired) electrons. The highest BCUT2D eigenvalue weighted by Crippen LogP contribution is 2.44. The number of aromatic nitrogens is 2. The number of H-pyrrole nitrogens is 1. The number of phenols is 1. The molecule has 0 fully saturated rings. The molecule has 1 aliphatic rings. The van der Waals surface area contributed by atoms with Crippen LogP contribution in [-0.2, 0) is 4.74 Å². The van der Waals surface area contributed by atoms with Crippen molar-refractivity contribution < 1.29 is 19.4 Å². The fraction of sp³-hybridized carbons (Fsp3) is 0.429. The second-order valence-corrected chi connectivity index (χ2v) is 9.18. The monoisotopic (exact) mass is 477 g/mol. The van der Waals surface area contributed by atoms with Gasteiger partial charge < -0.3 is 19.5 Å². The van der Waals surface area contributed by atoms with Crippen molar-refractivity contribution in [3.63, 3.8) is 0 Å². The number of phenolic OH excluding ortho intramolecular Hbond substituents is 1. The highest BCUT2D eigenvalue weighted by atomic mass is 16.5. The van der Waals surface area contributed by atoms with Crippen molar-refractivity contribution in [1.82, 2.24) is 15.1 Å². The van der Waals surface area contributed by atoms with Crippen LogP contribution in [0.3, 0.4) is 0 Å². The average molecular weight is 478 g/mol. The van der Waals surface area contributed by atoms with Gasteiger partial charge in [0.25, 0.3) is 5.91 Å². The van der Waals surface area contributed by atoms with Crippen LogP contribution < -0.4 is 4.74 Å². The third kappa shape index (κ3) is 5.51. The average Bonchev–Trinajstić information content (AvgIpc) is 3.39. The zero-order valence-corrected chi connectivity index (χ0v) is 20.8. The lowest BCUT2D eigenvalue weighted by Crippen LogP contribution is -2.31. The number of para-hydroxylation sites is 1. The molecule has 35 heavy (non-hydrogen) atoms. The maximum atomic E-state index is 13.5.